The van der Waals surface area contributed by atoms with Crippen LogP contribution in [-0.4, -0.2) is 41.8 Å². The number of aromatic nitrogens is 1. The third-order valence-corrected chi connectivity index (χ3v) is 4.59. The van der Waals surface area contributed by atoms with E-state index in [9.17, 15) is 27.6 Å². The molecule has 152 valence electrons. The number of nitrogens with zero attached hydrogens (tertiary/aromatic N) is 1. The van der Waals surface area contributed by atoms with Gasteiger partial charge in [0.25, 0.3) is 5.91 Å². The highest BCUT2D eigenvalue weighted by atomic mass is 32.1. The number of urea groups is 1. The molecule has 7 nitrogen and oxygen atoms in total. The lowest BCUT2D eigenvalue weighted by atomic mass is 10.2. The van der Waals surface area contributed by atoms with Crippen molar-refractivity contribution in [2.24, 2.45) is 0 Å². The van der Waals surface area contributed by atoms with E-state index in [0.29, 0.717) is 12.2 Å². The zero-order valence-electron chi connectivity index (χ0n) is 15.1. The molecule has 0 saturated carbocycles. The van der Waals surface area contributed by atoms with Crippen LogP contribution in [0.2, 0.25) is 0 Å². The minimum absolute atomic E-state index is 0.267. The third kappa shape index (κ3) is 6.12. The van der Waals surface area contributed by atoms with E-state index >= 15 is 0 Å². The molecular weight excluding hydrogens is 399 g/mol. The summed E-state index contributed by atoms with van der Waals surface area (Å²) in [5.41, 5.74) is 1.75. The molecule has 2 aromatic heterocycles. The Morgan fingerprint density at radius 3 is 2.57 bits per heavy atom. The fraction of sp³-hybridized carbons (Fsp3) is 0.353. The summed E-state index contributed by atoms with van der Waals surface area (Å²) in [4.78, 5) is 36.1. The van der Waals surface area contributed by atoms with Crippen molar-refractivity contribution >= 4 is 29.2 Å². The van der Waals surface area contributed by atoms with Crippen LogP contribution in [0.4, 0.5) is 18.0 Å². The van der Waals surface area contributed by atoms with Crippen LogP contribution >= 0.6 is 11.3 Å². The van der Waals surface area contributed by atoms with Crippen LogP contribution in [0, 0.1) is 13.8 Å². The lowest BCUT2D eigenvalue weighted by Gasteiger charge is -2.10. The number of amides is 3. The number of alkyl halides is 3. The molecule has 2 heterocycles. The minimum atomic E-state index is -4.60. The molecule has 0 atom stereocenters. The summed E-state index contributed by atoms with van der Waals surface area (Å²) in [6.07, 6.45) is -4.60. The van der Waals surface area contributed by atoms with Crippen LogP contribution in [0.25, 0.3) is 0 Å². The van der Waals surface area contributed by atoms with Crippen molar-refractivity contribution in [3.63, 3.8) is 0 Å². The number of aryl methyl sites for hydroxylation is 1. The molecule has 0 aliphatic carbocycles. The maximum atomic E-state index is 12.2. The smallest absolute Gasteiger partial charge is 0.405 e. The summed E-state index contributed by atoms with van der Waals surface area (Å²) in [6.45, 7) is 1.77. The number of carbonyl (C=O) groups is 3. The Labute approximate surface area is 162 Å². The van der Waals surface area contributed by atoms with Crippen molar-refractivity contribution in [2.75, 3.05) is 13.2 Å². The van der Waals surface area contributed by atoms with Gasteiger partial charge in [0, 0.05) is 16.3 Å². The zero-order chi connectivity index (χ0) is 20.9. The molecule has 3 amide bonds. The highest BCUT2D eigenvalue weighted by Gasteiger charge is 2.28. The maximum absolute atomic E-state index is 12.2. The normalized spacial score (nSPS) is 11.2. The van der Waals surface area contributed by atoms with Crippen LogP contribution in [0.3, 0.4) is 0 Å². The van der Waals surface area contributed by atoms with Crippen LogP contribution in [0.5, 0.6) is 0 Å². The second kappa shape index (κ2) is 8.91. The molecule has 0 aromatic carbocycles. The highest BCUT2D eigenvalue weighted by Crippen LogP contribution is 2.20. The van der Waals surface area contributed by atoms with Gasteiger partial charge in [-0.1, -0.05) is 6.07 Å². The van der Waals surface area contributed by atoms with E-state index in [-0.39, 0.29) is 5.56 Å². The van der Waals surface area contributed by atoms with E-state index in [1.807, 2.05) is 29.0 Å². The van der Waals surface area contributed by atoms with Gasteiger partial charge in [-0.3, -0.25) is 10.1 Å². The second-order valence-corrected chi connectivity index (χ2v) is 6.90. The summed E-state index contributed by atoms with van der Waals surface area (Å²) in [7, 11) is 0. The number of hydrogen-bond acceptors (Lipinski definition) is 5. The molecular formula is C17H18F3N3O4S. The molecule has 0 radical (unpaired) electrons. The Kier molecular flexibility index (Phi) is 6.84. The molecule has 28 heavy (non-hydrogen) atoms. The summed E-state index contributed by atoms with van der Waals surface area (Å²) >= 11 is 1.58. The number of ether oxygens (including phenoxy) is 1. The van der Waals surface area contributed by atoms with Crippen molar-refractivity contribution in [3.05, 3.63) is 45.4 Å². The molecule has 2 rings (SSSR count). The van der Waals surface area contributed by atoms with Gasteiger partial charge in [-0.05, 0) is 31.4 Å². The monoisotopic (exact) mass is 417 g/mol. The Morgan fingerprint density at radius 1 is 1.25 bits per heavy atom. The van der Waals surface area contributed by atoms with Crippen molar-refractivity contribution in [1.82, 2.24) is 15.2 Å². The van der Waals surface area contributed by atoms with E-state index in [0.717, 1.165) is 10.6 Å². The van der Waals surface area contributed by atoms with Gasteiger partial charge in [0.1, 0.15) is 6.54 Å². The molecule has 2 aromatic rings. The van der Waals surface area contributed by atoms with Gasteiger partial charge < -0.3 is 14.6 Å². The standard InChI is InChI=1S/C17H18F3N3O4S/c1-10-6-13(11(2)23(10)7-12-4-3-5-28-12)15(25)27-8-14(24)22-16(26)21-9-17(18,19)20/h3-6H,7-9H2,1-2H3,(H2,21,22,24,26). The zero-order valence-corrected chi connectivity index (χ0v) is 15.9. The number of esters is 1. The molecule has 0 aliphatic rings. The summed E-state index contributed by atoms with van der Waals surface area (Å²) in [6, 6.07) is 4.19. The quantitative estimate of drug-likeness (QED) is 0.708. The first-order chi connectivity index (χ1) is 13.1. The van der Waals surface area contributed by atoms with Gasteiger partial charge in [0.2, 0.25) is 0 Å². The molecule has 0 saturated heterocycles. The Bertz CT molecular complexity index is 860. The third-order valence-electron chi connectivity index (χ3n) is 3.72. The average Bonchev–Trinajstić information content (AvgIpc) is 3.21. The van der Waals surface area contributed by atoms with Crippen LogP contribution in [0.1, 0.15) is 26.6 Å². The lowest BCUT2D eigenvalue weighted by molar-refractivity contribution is -0.125. The molecule has 2 N–H and O–H groups in total. The number of rotatable bonds is 6. The van der Waals surface area contributed by atoms with E-state index < -0.39 is 37.2 Å². The second-order valence-electron chi connectivity index (χ2n) is 5.87. The van der Waals surface area contributed by atoms with Crippen LogP contribution in [-0.2, 0) is 16.1 Å². The van der Waals surface area contributed by atoms with Crippen molar-refractivity contribution in [2.45, 2.75) is 26.6 Å². The van der Waals surface area contributed by atoms with Crippen LogP contribution < -0.4 is 10.6 Å². The van der Waals surface area contributed by atoms with Crippen molar-refractivity contribution in [3.8, 4) is 0 Å². The number of nitrogens with one attached hydrogen (secondary N) is 2. The van der Waals surface area contributed by atoms with Gasteiger partial charge in [-0.15, -0.1) is 11.3 Å². The van der Waals surface area contributed by atoms with Crippen LogP contribution in [0.15, 0.2) is 23.6 Å². The molecule has 0 aliphatic heterocycles. The molecule has 11 heteroatoms. The van der Waals surface area contributed by atoms with Gasteiger partial charge >= 0.3 is 18.2 Å². The highest BCUT2D eigenvalue weighted by molar-refractivity contribution is 7.09. The number of halogens is 3. The molecule has 0 unspecified atom stereocenters. The largest absolute Gasteiger partial charge is 0.452 e. The predicted octanol–water partition coefficient (Wildman–Crippen LogP) is 2.76. The van der Waals surface area contributed by atoms with Gasteiger partial charge in [0.05, 0.1) is 12.1 Å². The van der Waals surface area contributed by atoms with E-state index in [1.165, 1.54) is 5.32 Å². The number of carbonyl (C=O) groups excluding carboxylic acids is 3. The summed E-state index contributed by atoms with van der Waals surface area (Å²) in [5, 5.41) is 5.07. The first kappa shape index (κ1) is 21.5. The average molecular weight is 417 g/mol. The summed E-state index contributed by atoms with van der Waals surface area (Å²) in [5.74, 6) is -1.81. The Morgan fingerprint density at radius 2 is 1.96 bits per heavy atom. The Balaban J connectivity index is 1.89. The first-order valence-corrected chi connectivity index (χ1v) is 8.95. The molecule has 0 bridgehead atoms. The van der Waals surface area contributed by atoms with Crippen molar-refractivity contribution < 1.29 is 32.3 Å². The lowest BCUT2D eigenvalue weighted by Crippen LogP contribution is -2.44. The number of imide groups is 1. The van der Waals surface area contributed by atoms with Gasteiger partial charge in [-0.2, -0.15) is 13.2 Å². The predicted molar refractivity (Wildman–Crippen MR) is 95.2 cm³/mol. The molecule has 0 spiro atoms. The summed E-state index contributed by atoms with van der Waals surface area (Å²) < 4.78 is 42.7. The SMILES string of the molecule is Cc1cc(C(=O)OCC(=O)NC(=O)NCC(F)(F)F)c(C)n1Cc1cccs1. The number of thiophene rings is 1. The number of hydrogen-bond donors (Lipinski definition) is 2. The minimum Gasteiger partial charge on any atom is -0.452 e. The fourth-order valence-corrected chi connectivity index (χ4v) is 3.10. The van der Waals surface area contributed by atoms with Gasteiger partial charge in [-0.25, -0.2) is 9.59 Å². The first-order valence-electron chi connectivity index (χ1n) is 8.07. The Hall–Kier alpha value is -2.82. The van der Waals surface area contributed by atoms with Gasteiger partial charge in [0.15, 0.2) is 6.61 Å². The fourth-order valence-electron chi connectivity index (χ4n) is 2.41. The van der Waals surface area contributed by atoms with E-state index in [1.54, 1.807) is 29.6 Å². The van der Waals surface area contributed by atoms with Crippen molar-refractivity contribution in [1.29, 1.82) is 0 Å². The van der Waals surface area contributed by atoms with E-state index in [2.05, 4.69) is 0 Å². The topological polar surface area (TPSA) is 89.4 Å². The maximum Gasteiger partial charge on any atom is 0.405 e. The molecule has 0 fully saturated rings. The van der Waals surface area contributed by atoms with E-state index in [4.69, 9.17) is 4.74 Å².